The summed E-state index contributed by atoms with van der Waals surface area (Å²) in [6.07, 6.45) is 0.995. The topological polar surface area (TPSA) is 29.3 Å². The standard InChI is InChI=1S/C13H17BrF2N2.ClH/c1-8(17)9-4-5-18(6-9)7-10-12(15)3-2-11(14)13(10)16;/h2-3,8-9H,4-7,17H2,1H3;1H. The third-order valence-corrected chi connectivity index (χ3v) is 4.19. The molecule has 0 spiro atoms. The Morgan fingerprint density at radius 2 is 2.16 bits per heavy atom. The number of nitrogens with two attached hydrogens (primary N) is 1. The van der Waals surface area contributed by atoms with E-state index in [9.17, 15) is 8.78 Å². The molecule has 2 nitrogen and oxygen atoms in total. The molecule has 2 atom stereocenters. The van der Waals surface area contributed by atoms with Crippen LogP contribution in [0.4, 0.5) is 8.78 Å². The normalized spacial score (nSPS) is 21.2. The molecule has 2 N–H and O–H groups in total. The third kappa shape index (κ3) is 3.88. The Labute approximate surface area is 126 Å². The molecule has 1 aromatic rings. The quantitative estimate of drug-likeness (QED) is 0.843. The third-order valence-electron chi connectivity index (χ3n) is 3.57. The first-order valence-corrected chi connectivity index (χ1v) is 6.88. The fraction of sp³-hybridized carbons (Fsp3) is 0.538. The van der Waals surface area contributed by atoms with Gasteiger partial charge in [-0.25, -0.2) is 8.78 Å². The predicted octanol–water partition coefficient (Wildman–Crippen LogP) is 3.32. The molecule has 0 saturated carbocycles. The van der Waals surface area contributed by atoms with E-state index in [0.717, 1.165) is 19.5 Å². The molecular formula is C13H18BrClF2N2. The molecule has 0 bridgehead atoms. The number of likely N-dealkylation sites (tertiary alicyclic amines) is 1. The van der Waals surface area contributed by atoms with Crippen molar-refractivity contribution >= 4 is 28.3 Å². The van der Waals surface area contributed by atoms with Gasteiger partial charge in [0, 0.05) is 24.7 Å². The SMILES string of the molecule is CC(N)C1CCN(Cc2c(F)ccc(Br)c2F)C1.Cl. The van der Waals surface area contributed by atoms with E-state index in [0.29, 0.717) is 16.9 Å². The fourth-order valence-electron chi connectivity index (χ4n) is 2.37. The maximum atomic E-state index is 13.8. The minimum atomic E-state index is -0.501. The van der Waals surface area contributed by atoms with Gasteiger partial charge in [0.15, 0.2) is 0 Å². The van der Waals surface area contributed by atoms with Crippen molar-refractivity contribution in [2.45, 2.75) is 25.9 Å². The van der Waals surface area contributed by atoms with Crippen molar-refractivity contribution in [1.29, 1.82) is 0 Å². The molecule has 2 unspecified atom stereocenters. The summed E-state index contributed by atoms with van der Waals surface area (Å²) in [4.78, 5) is 2.06. The lowest BCUT2D eigenvalue weighted by atomic mass is 10.0. The molecular weight excluding hydrogens is 338 g/mol. The van der Waals surface area contributed by atoms with Crippen molar-refractivity contribution in [2.24, 2.45) is 11.7 Å². The highest BCUT2D eigenvalue weighted by atomic mass is 79.9. The molecule has 108 valence electrons. The highest BCUT2D eigenvalue weighted by molar-refractivity contribution is 9.10. The Balaban J connectivity index is 0.00000180. The maximum Gasteiger partial charge on any atom is 0.144 e. The van der Waals surface area contributed by atoms with Crippen LogP contribution in [-0.2, 0) is 6.54 Å². The van der Waals surface area contributed by atoms with Crippen LogP contribution >= 0.6 is 28.3 Å². The molecule has 1 heterocycles. The molecule has 0 amide bonds. The molecule has 1 fully saturated rings. The van der Waals surface area contributed by atoms with Crippen LogP contribution in [0.1, 0.15) is 18.9 Å². The lowest BCUT2D eigenvalue weighted by Gasteiger charge is -2.18. The van der Waals surface area contributed by atoms with Crippen LogP contribution in [0.15, 0.2) is 16.6 Å². The Kier molecular flexibility index (Phi) is 6.17. The van der Waals surface area contributed by atoms with Gasteiger partial charge in [0.05, 0.1) is 4.47 Å². The zero-order valence-corrected chi connectivity index (χ0v) is 13.1. The van der Waals surface area contributed by atoms with Crippen molar-refractivity contribution in [3.63, 3.8) is 0 Å². The van der Waals surface area contributed by atoms with E-state index >= 15 is 0 Å². The minimum Gasteiger partial charge on any atom is -0.328 e. The van der Waals surface area contributed by atoms with Crippen LogP contribution in [0.3, 0.4) is 0 Å². The van der Waals surface area contributed by atoms with Gasteiger partial charge in [-0.2, -0.15) is 0 Å². The summed E-state index contributed by atoms with van der Waals surface area (Å²) in [5.41, 5.74) is 5.99. The first-order chi connectivity index (χ1) is 8.49. The van der Waals surface area contributed by atoms with Crippen molar-refractivity contribution in [1.82, 2.24) is 4.90 Å². The second-order valence-corrected chi connectivity index (χ2v) is 5.82. The van der Waals surface area contributed by atoms with Gasteiger partial charge < -0.3 is 5.73 Å². The van der Waals surface area contributed by atoms with Gasteiger partial charge in [0.2, 0.25) is 0 Å². The largest absolute Gasteiger partial charge is 0.328 e. The molecule has 1 aliphatic heterocycles. The second kappa shape index (κ2) is 6.97. The number of hydrogen-bond donors (Lipinski definition) is 1. The summed E-state index contributed by atoms with van der Waals surface area (Å²) in [6, 6.07) is 2.82. The molecule has 0 aliphatic carbocycles. The van der Waals surface area contributed by atoms with Crippen LogP contribution < -0.4 is 5.73 Å². The van der Waals surface area contributed by atoms with Crippen LogP contribution in [0, 0.1) is 17.6 Å². The van der Waals surface area contributed by atoms with Gasteiger partial charge in [-0.3, -0.25) is 4.90 Å². The zero-order chi connectivity index (χ0) is 13.3. The Bertz CT molecular complexity index is 443. The van der Waals surface area contributed by atoms with Gasteiger partial charge >= 0.3 is 0 Å². The van der Waals surface area contributed by atoms with E-state index in [4.69, 9.17) is 5.73 Å². The number of benzene rings is 1. The van der Waals surface area contributed by atoms with E-state index in [-0.39, 0.29) is 24.0 Å². The summed E-state index contributed by atoms with van der Waals surface area (Å²) < 4.78 is 27.8. The zero-order valence-electron chi connectivity index (χ0n) is 10.7. The monoisotopic (exact) mass is 354 g/mol. The highest BCUT2D eigenvalue weighted by Crippen LogP contribution is 2.26. The highest BCUT2D eigenvalue weighted by Gasteiger charge is 2.26. The maximum absolute atomic E-state index is 13.8. The fourth-order valence-corrected chi connectivity index (χ4v) is 2.74. The number of halogens is 4. The summed E-state index contributed by atoms with van der Waals surface area (Å²) in [5.74, 6) is -0.567. The van der Waals surface area contributed by atoms with Gasteiger partial charge in [-0.05, 0) is 53.9 Å². The smallest absolute Gasteiger partial charge is 0.144 e. The van der Waals surface area contributed by atoms with Crippen molar-refractivity contribution in [3.05, 3.63) is 33.8 Å². The molecule has 0 radical (unpaired) electrons. The first-order valence-electron chi connectivity index (χ1n) is 6.09. The summed E-state index contributed by atoms with van der Waals surface area (Å²) >= 11 is 3.08. The summed E-state index contributed by atoms with van der Waals surface area (Å²) in [6.45, 7) is 3.94. The lowest BCUT2D eigenvalue weighted by Crippen LogP contribution is -2.29. The molecule has 0 aromatic heterocycles. The number of rotatable bonds is 3. The summed E-state index contributed by atoms with van der Waals surface area (Å²) in [7, 11) is 0. The number of nitrogens with zero attached hydrogens (tertiary/aromatic N) is 1. The molecule has 1 saturated heterocycles. The molecule has 2 rings (SSSR count). The molecule has 1 aliphatic rings. The van der Waals surface area contributed by atoms with Gasteiger partial charge in [0.25, 0.3) is 0 Å². The predicted molar refractivity (Wildman–Crippen MR) is 78.3 cm³/mol. The second-order valence-electron chi connectivity index (χ2n) is 4.96. The van der Waals surface area contributed by atoms with Crippen molar-refractivity contribution < 1.29 is 8.78 Å². The molecule has 6 heteroatoms. The Morgan fingerprint density at radius 3 is 2.74 bits per heavy atom. The van der Waals surface area contributed by atoms with Crippen LogP contribution in [0.25, 0.3) is 0 Å². The minimum absolute atomic E-state index is 0. The van der Waals surface area contributed by atoms with Crippen molar-refractivity contribution in [2.75, 3.05) is 13.1 Å². The van der Waals surface area contributed by atoms with Crippen molar-refractivity contribution in [3.8, 4) is 0 Å². The first kappa shape index (κ1) is 16.8. The van der Waals surface area contributed by atoms with E-state index in [1.165, 1.54) is 12.1 Å². The number of hydrogen-bond acceptors (Lipinski definition) is 2. The van der Waals surface area contributed by atoms with Gasteiger partial charge in [-0.15, -0.1) is 12.4 Å². The van der Waals surface area contributed by atoms with Gasteiger partial charge in [-0.1, -0.05) is 0 Å². The Hall–Kier alpha value is -0.230. The lowest BCUT2D eigenvalue weighted by molar-refractivity contribution is 0.298. The average Bonchev–Trinajstić information content (AvgIpc) is 2.78. The molecule has 1 aromatic carbocycles. The van der Waals surface area contributed by atoms with E-state index in [1.807, 2.05) is 6.92 Å². The van der Waals surface area contributed by atoms with E-state index < -0.39 is 11.6 Å². The van der Waals surface area contributed by atoms with Crippen LogP contribution in [0.5, 0.6) is 0 Å². The van der Waals surface area contributed by atoms with E-state index in [2.05, 4.69) is 20.8 Å². The van der Waals surface area contributed by atoms with Gasteiger partial charge in [0.1, 0.15) is 11.6 Å². The Morgan fingerprint density at radius 1 is 1.47 bits per heavy atom. The average molecular weight is 356 g/mol. The summed E-state index contributed by atoms with van der Waals surface area (Å²) in [5, 5.41) is 0. The van der Waals surface area contributed by atoms with Crippen LogP contribution in [0.2, 0.25) is 0 Å². The van der Waals surface area contributed by atoms with E-state index in [1.54, 1.807) is 0 Å². The van der Waals surface area contributed by atoms with Crippen LogP contribution in [-0.4, -0.2) is 24.0 Å². The molecule has 19 heavy (non-hydrogen) atoms.